The molecule has 0 aliphatic rings. The quantitative estimate of drug-likeness (QED) is 0.665. The Bertz CT molecular complexity index is 982. The standard InChI is InChI=1S/C19H18ClN3O2/c1-12-9-14-10-13(5-6-17(14)23-18(12)24)7-8-21-19(25)22-16-4-2-3-15(20)11-16/h2-6,9-11H,7-8H2,1H3,(H,23,24)(H2,21,22,25). The fourth-order valence-corrected chi connectivity index (χ4v) is 2.77. The van der Waals surface area contributed by atoms with Crippen molar-refractivity contribution in [3.63, 3.8) is 0 Å². The van der Waals surface area contributed by atoms with Gasteiger partial charge >= 0.3 is 6.03 Å². The van der Waals surface area contributed by atoms with E-state index in [1.165, 1.54) is 0 Å². The predicted molar refractivity (Wildman–Crippen MR) is 101 cm³/mol. The van der Waals surface area contributed by atoms with E-state index in [9.17, 15) is 9.59 Å². The summed E-state index contributed by atoms with van der Waals surface area (Å²) in [7, 11) is 0. The molecule has 2 amide bonds. The Morgan fingerprint density at radius 2 is 2.00 bits per heavy atom. The van der Waals surface area contributed by atoms with E-state index in [4.69, 9.17) is 11.6 Å². The third kappa shape index (κ3) is 4.39. The van der Waals surface area contributed by atoms with Crippen LogP contribution in [-0.4, -0.2) is 17.6 Å². The summed E-state index contributed by atoms with van der Waals surface area (Å²) in [5.74, 6) is 0. The molecule has 6 heteroatoms. The lowest BCUT2D eigenvalue weighted by atomic mass is 10.1. The van der Waals surface area contributed by atoms with Crippen LogP contribution in [-0.2, 0) is 6.42 Å². The van der Waals surface area contributed by atoms with Gasteiger partial charge in [-0.3, -0.25) is 4.79 Å². The van der Waals surface area contributed by atoms with Gasteiger partial charge in [0.2, 0.25) is 0 Å². The van der Waals surface area contributed by atoms with Crippen molar-refractivity contribution in [2.75, 3.05) is 11.9 Å². The summed E-state index contributed by atoms with van der Waals surface area (Å²) in [6.45, 7) is 2.28. The largest absolute Gasteiger partial charge is 0.338 e. The van der Waals surface area contributed by atoms with Gasteiger partial charge in [-0.2, -0.15) is 0 Å². The van der Waals surface area contributed by atoms with Crippen molar-refractivity contribution in [2.24, 2.45) is 0 Å². The normalized spacial score (nSPS) is 10.6. The summed E-state index contributed by atoms with van der Waals surface area (Å²) in [4.78, 5) is 26.4. The van der Waals surface area contributed by atoms with Crippen LogP contribution >= 0.6 is 11.6 Å². The number of hydrogen-bond acceptors (Lipinski definition) is 2. The molecule has 5 nitrogen and oxygen atoms in total. The Labute approximate surface area is 150 Å². The molecule has 0 radical (unpaired) electrons. The van der Waals surface area contributed by atoms with Crippen LogP contribution in [0.25, 0.3) is 10.9 Å². The van der Waals surface area contributed by atoms with E-state index >= 15 is 0 Å². The first-order chi connectivity index (χ1) is 12.0. The highest BCUT2D eigenvalue weighted by molar-refractivity contribution is 6.30. The average Bonchev–Trinajstić information content (AvgIpc) is 2.56. The maximum absolute atomic E-state index is 11.9. The van der Waals surface area contributed by atoms with Crippen molar-refractivity contribution in [3.05, 3.63) is 75.0 Å². The average molecular weight is 356 g/mol. The van der Waals surface area contributed by atoms with Crippen molar-refractivity contribution in [1.82, 2.24) is 10.3 Å². The van der Waals surface area contributed by atoms with Gasteiger partial charge in [-0.25, -0.2) is 4.79 Å². The Balaban J connectivity index is 1.58. The number of carbonyl (C=O) groups is 1. The topological polar surface area (TPSA) is 74.0 Å². The second-order valence-electron chi connectivity index (χ2n) is 5.84. The first kappa shape index (κ1) is 17.0. The predicted octanol–water partition coefficient (Wildman–Crippen LogP) is 3.85. The van der Waals surface area contributed by atoms with Crippen molar-refractivity contribution in [3.8, 4) is 0 Å². The van der Waals surface area contributed by atoms with E-state index in [1.807, 2.05) is 24.3 Å². The molecule has 2 aromatic carbocycles. The van der Waals surface area contributed by atoms with Gasteiger partial charge < -0.3 is 15.6 Å². The number of aromatic amines is 1. The zero-order valence-electron chi connectivity index (χ0n) is 13.7. The van der Waals surface area contributed by atoms with E-state index in [0.717, 1.165) is 16.5 Å². The smallest absolute Gasteiger partial charge is 0.319 e. The summed E-state index contributed by atoms with van der Waals surface area (Å²) in [6, 6.07) is 14.4. The second-order valence-corrected chi connectivity index (χ2v) is 6.28. The Morgan fingerprint density at radius 1 is 1.16 bits per heavy atom. The lowest BCUT2D eigenvalue weighted by Crippen LogP contribution is -2.30. The Morgan fingerprint density at radius 3 is 2.80 bits per heavy atom. The third-order valence-corrected chi connectivity index (χ3v) is 4.11. The van der Waals surface area contributed by atoms with Crippen molar-refractivity contribution >= 4 is 34.2 Å². The van der Waals surface area contributed by atoms with Crippen molar-refractivity contribution in [2.45, 2.75) is 13.3 Å². The van der Waals surface area contributed by atoms with Gasteiger partial charge in [0.25, 0.3) is 5.56 Å². The Kier molecular flexibility index (Phi) is 5.05. The fraction of sp³-hybridized carbons (Fsp3) is 0.158. The molecule has 0 unspecified atom stereocenters. The first-order valence-electron chi connectivity index (χ1n) is 7.94. The summed E-state index contributed by atoms with van der Waals surface area (Å²) < 4.78 is 0. The first-order valence-corrected chi connectivity index (χ1v) is 8.32. The molecular formula is C19H18ClN3O2. The minimum absolute atomic E-state index is 0.0698. The number of nitrogens with one attached hydrogen (secondary N) is 3. The zero-order valence-corrected chi connectivity index (χ0v) is 14.5. The highest BCUT2D eigenvalue weighted by Gasteiger charge is 2.03. The zero-order chi connectivity index (χ0) is 17.8. The minimum atomic E-state index is -0.275. The summed E-state index contributed by atoms with van der Waals surface area (Å²) in [6.07, 6.45) is 0.692. The second kappa shape index (κ2) is 7.40. The SMILES string of the molecule is Cc1cc2cc(CCNC(=O)Nc3cccc(Cl)c3)ccc2[nH]c1=O. The number of urea groups is 1. The van der Waals surface area contributed by atoms with Crippen LogP contribution in [0.15, 0.2) is 53.3 Å². The minimum Gasteiger partial charge on any atom is -0.338 e. The molecule has 0 spiro atoms. The van der Waals surface area contributed by atoms with Gasteiger partial charge in [-0.1, -0.05) is 23.7 Å². The van der Waals surface area contributed by atoms with Crippen LogP contribution in [0.3, 0.4) is 0 Å². The lowest BCUT2D eigenvalue weighted by Gasteiger charge is -2.08. The molecule has 1 heterocycles. The Hall–Kier alpha value is -2.79. The number of pyridine rings is 1. The molecule has 3 aromatic rings. The monoisotopic (exact) mass is 355 g/mol. The maximum atomic E-state index is 11.9. The molecule has 0 saturated heterocycles. The summed E-state index contributed by atoms with van der Waals surface area (Å²) >= 11 is 5.89. The number of amides is 2. The molecule has 1 aromatic heterocycles. The number of fused-ring (bicyclic) bond motifs is 1. The molecule has 128 valence electrons. The van der Waals surface area contributed by atoms with E-state index in [2.05, 4.69) is 15.6 Å². The van der Waals surface area contributed by atoms with Crippen LogP contribution in [0.5, 0.6) is 0 Å². The highest BCUT2D eigenvalue weighted by Crippen LogP contribution is 2.15. The van der Waals surface area contributed by atoms with Crippen LogP contribution in [0.4, 0.5) is 10.5 Å². The number of anilines is 1. The maximum Gasteiger partial charge on any atom is 0.319 e. The van der Waals surface area contributed by atoms with Crippen molar-refractivity contribution in [1.29, 1.82) is 0 Å². The molecule has 0 aliphatic carbocycles. The molecule has 3 N–H and O–H groups in total. The van der Waals surface area contributed by atoms with Gasteiger partial charge in [0, 0.05) is 28.3 Å². The van der Waals surface area contributed by atoms with Gasteiger partial charge in [0.15, 0.2) is 0 Å². The number of aromatic nitrogens is 1. The molecule has 3 rings (SSSR count). The van der Waals surface area contributed by atoms with E-state index in [0.29, 0.717) is 29.2 Å². The fourth-order valence-electron chi connectivity index (χ4n) is 2.58. The van der Waals surface area contributed by atoms with Crippen LogP contribution in [0, 0.1) is 6.92 Å². The van der Waals surface area contributed by atoms with E-state index < -0.39 is 0 Å². The van der Waals surface area contributed by atoms with E-state index in [-0.39, 0.29) is 11.6 Å². The molecule has 0 atom stereocenters. The number of halogens is 1. The third-order valence-electron chi connectivity index (χ3n) is 3.88. The van der Waals surface area contributed by atoms with E-state index in [1.54, 1.807) is 31.2 Å². The molecule has 0 fully saturated rings. The molecule has 0 saturated carbocycles. The van der Waals surface area contributed by atoms with Gasteiger partial charge in [0.1, 0.15) is 0 Å². The summed E-state index contributed by atoms with van der Waals surface area (Å²) in [5, 5.41) is 7.11. The molecule has 0 bridgehead atoms. The number of benzene rings is 2. The number of hydrogen-bond donors (Lipinski definition) is 3. The van der Waals surface area contributed by atoms with Crippen molar-refractivity contribution < 1.29 is 4.79 Å². The van der Waals surface area contributed by atoms with Gasteiger partial charge in [-0.05, 0) is 60.7 Å². The molecule has 0 aliphatic heterocycles. The lowest BCUT2D eigenvalue weighted by molar-refractivity contribution is 0.252. The summed E-state index contributed by atoms with van der Waals surface area (Å²) in [5.41, 5.74) is 3.16. The number of rotatable bonds is 4. The number of aryl methyl sites for hydroxylation is 1. The highest BCUT2D eigenvalue weighted by atomic mass is 35.5. The number of carbonyl (C=O) groups excluding carboxylic acids is 1. The van der Waals surface area contributed by atoms with Crippen LogP contribution in [0.1, 0.15) is 11.1 Å². The molecule has 25 heavy (non-hydrogen) atoms. The van der Waals surface area contributed by atoms with Gasteiger partial charge in [0.05, 0.1) is 0 Å². The molecular weight excluding hydrogens is 338 g/mol. The van der Waals surface area contributed by atoms with Crippen LogP contribution in [0.2, 0.25) is 5.02 Å². The van der Waals surface area contributed by atoms with Crippen LogP contribution < -0.4 is 16.2 Å². The van der Waals surface area contributed by atoms with Gasteiger partial charge in [-0.15, -0.1) is 0 Å². The number of H-pyrrole nitrogens is 1.